The van der Waals surface area contributed by atoms with Gasteiger partial charge in [-0.2, -0.15) is 0 Å². The number of aromatic nitrogens is 4. The van der Waals surface area contributed by atoms with Crippen LogP contribution in [-0.2, 0) is 13.0 Å². The van der Waals surface area contributed by atoms with Crippen LogP contribution in [0.25, 0.3) is 0 Å². The Balaban J connectivity index is 1.57. The van der Waals surface area contributed by atoms with Crippen LogP contribution >= 0.6 is 15.9 Å². The van der Waals surface area contributed by atoms with E-state index in [0.29, 0.717) is 11.9 Å². The van der Waals surface area contributed by atoms with E-state index < -0.39 is 0 Å². The summed E-state index contributed by atoms with van der Waals surface area (Å²) < 4.78 is 3.13. The van der Waals surface area contributed by atoms with Gasteiger partial charge in [0.25, 0.3) is 0 Å². The molecule has 0 aliphatic carbocycles. The second kappa shape index (κ2) is 5.06. The van der Waals surface area contributed by atoms with Gasteiger partial charge in [-0.1, -0.05) is 0 Å². The monoisotopic (exact) mass is 307 g/mol. The van der Waals surface area contributed by atoms with Crippen LogP contribution in [0.2, 0.25) is 0 Å². The highest BCUT2D eigenvalue weighted by atomic mass is 79.9. The molecule has 2 aromatic heterocycles. The predicted molar refractivity (Wildman–Crippen MR) is 72.3 cm³/mol. The molecule has 0 bridgehead atoms. The van der Waals surface area contributed by atoms with Gasteiger partial charge in [-0.25, -0.2) is 15.0 Å². The van der Waals surface area contributed by atoms with Crippen LogP contribution in [0.3, 0.4) is 0 Å². The van der Waals surface area contributed by atoms with Gasteiger partial charge in [0.2, 0.25) is 5.95 Å². The van der Waals surface area contributed by atoms with E-state index in [2.05, 4.69) is 47.0 Å². The maximum absolute atomic E-state index is 4.33. The Labute approximate surface area is 114 Å². The summed E-state index contributed by atoms with van der Waals surface area (Å²) in [7, 11) is 0. The van der Waals surface area contributed by atoms with Crippen molar-refractivity contribution in [3.8, 4) is 0 Å². The third-order valence-electron chi connectivity index (χ3n) is 3.20. The molecule has 0 radical (unpaired) electrons. The minimum Gasteiger partial charge on any atom is -0.354 e. The van der Waals surface area contributed by atoms with Crippen LogP contribution in [0.4, 0.5) is 5.95 Å². The molecule has 18 heavy (non-hydrogen) atoms. The normalized spacial score (nSPS) is 18.4. The first-order valence-corrected chi connectivity index (χ1v) is 6.82. The fourth-order valence-corrected chi connectivity index (χ4v) is 2.45. The number of rotatable bonds is 3. The first kappa shape index (κ1) is 11.6. The van der Waals surface area contributed by atoms with Crippen LogP contribution in [0.15, 0.2) is 29.3 Å². The number of nitrogens with one attached hydrogen (secondary N) is 1. The average Bonchev–Trinajstić information content (AvgIpc) is 2.85. The second-order valence-corrected chi connectivity index (χ2v) is 5.42. The maximum Gasteiger partial charge on any atom is 0.222 e. The molecule has 2 aromatic rings. The first-order chi connectivity index (χ1) is 8.81. The average molecular weight is 308 g/mol. The molecule has 1 aliphatic heterocycles. The Hall–Kier alpha value is -1.43. The van der Waals surface area contributed by atoms with E-state index in [-0.39, 0.29) is 0 Å². The van der Waals surface area contributed by atoms with Crippen LogP contribution in [0, 0.1) is 5.92 Å². The topological polar surface area (TPSA) is 55.6 Å². The largest absolute Gasteiger partial charge is 0.354 e. The van der Waals surface area contributed by atoms with Crippen molar-refractivity contribution in [2.75, 3.05) is 11.9 Å². The number of imidazole rings is 1. The van der Waals surface area contributed by atoms with Gasteiger partial charge in [-0.05, 0) is 28.3 Å². The van der Waals surface area contributed by atoms with Crippen molar-refractivity contribution >= 4 is 21.9 Å². The lowest BCUT2D eigenvalue weighted by Crippen LogP contribution is -2.26. The Morgan fingerprint density at radius 1 is 1.33 bits per heavy atom. The number of nitrogens with zero attached hydrogens (tertiary/aromatic N) is 4. The summed E-state index contributed by atoms with van der Waals surface area (Å²) in [5.74, 6) is 2.50. The fourth-order valence-electron chi connectivity index (χ4n) is 2.24. The molecule has 0 unspecified atom stereocenters. The number of hydrogen-bond acceptors (Lipinski definition) is 4. The smallest absolute Gasteiger partial charge is 0.222 e. The second-order valence-electron chi connectivity index (χ2n) is 4.51. The van der Waals surface area contributed by atoms with Gasteiger partial charge in [0, 0.05) is 44.3 Å². The zero-order valence-electron chi connectivity index (χ0n) is 9.88. The highest BCUT2D eigenvalue weighted by Crippen LogP contribution is 2.18. The minimum atomic E-state index is 0.610. The maximum atomic E-state index is 4.33. The van der Waals surface area contributed by atoms with Gasteiger partial charge in [0.15, 0.2) is 0 Å². The van der Waals surface area contributed by atoms with E-state index >= 15 is 0 Å². The van der Waals surface area contributed by atoms with Crippen molar-refractivity contribution in [2.24, 2.45) is 5.92 Å². The summed E-state index contributed by atoms with van der Waals surface area (Å²) >= 11 is 3.32. The Bertz CT molecular complexity index is 522. The molecule has 0 saturated carbocycles. The van der Waals surface area contributed by atoms with Crippen molar-refractivity contribution in [1.29, 1.82) is 0 Å². The van der Waals surface area contributed by atoms with Gasteiger partial charge in [0.05, 0.1) is 4.47 Å². The molecule has 0 aromatic carbocycles. The fraction of sp³-hybridized carbons (Fsp3) is 0.417. The number of aryl methyl sites for hydroxylation is 1. The zero-order chi connectivity index (χ0) is 12.4. The lowest BCUT2D eigenvalue weighted by atomic mass is 9.99. The summed E-state index contributed by atoms with van der Waals surface area (Å²) in [6.07, 6.45) is 9.66. The molecule has 1 N–H and O–H groups in total. The van der Waals surface area contributed by atoms with Crippen LogP contribution < -0.4 is 5.32 Å². The molecule has 0 amide bonds. The third-order valence-corrected chi connectivity index (χ3v) is 3.61. The highest BCUT2D eigenvalue weighted by Gasteiger charge is 2.18. The standard InChI is InChI=1S/C12H14BrN5/c13-10-6-16-12(17-7-10)15-5-9-1-2-11-14-3-4-18(11)8-9/h3-4,6-7,9H,1-2,5,8H2,(H,15,16,17)/t9-/m1/s1. The summed E-state index contributed by atoms with van der Waals surface area (Å²) in [4.78, 5) is 12.7. The van der Waals surface area contributed by atoms with E-state index in [1.807, 2.05) is 6.20 Å². The number of anilines is 1. The molecule has 0 spiro atoms. The van der Waals surface area contributed by atoms with Gasteiger partial charge < -0.3 is 9.88 Å². The molecule has 1 aliphatic rings. The van der Waals surface area contributed by atoms with E-state index in [0.717, 1.165) is 24.0 Å². The third kappa shape index (κ3) is 2.53. The SMILES string of the molecule is Brc1cnc(NC[C@H]2CCc3nccn3C2)nc1. The summed E-state index contributed by atoms with van der Waals surface area (Å²) in [6, 6.07) is 0. The molecule has 0 saturated heterocycles. The van der Waals surface area contributed by atoms with Crippen molar-refractivity contribution < 1.29 is 0 Å². The van der Waals surface area contributed by atoms with Crippen molar-refractivity contribution in [2.45, 2.75) is 19.4 Å². The zero-order valence-corrected chi connectivity index (χ0v) is 11.5. The molecule has 3 heterocycles. The summed E-state index contributed by atoms with van der Waals surface area (Å²) in [5, 5.41) is 3.29. The van der Waals surface area contributed by atoms with Crippen molar-refractivity contribution in [3.05, 3.63) is 35.1 Å². The van der Waals surface area contributed by atoms with E-state index in [9.17, 15) is 0 Å². The lowest BCUT2D eigenvalue weighted by Gasteiger charge is -2.23. The highest BCUT2D eigenvalue weighted by molar-refractivity contribution is 9.10. The molecule has 94 valence electrons. The quantitative estimate of drug-likeness (QED) is 0.943. The number of fused-ring (bicyclic) bond motifs is 1. The van der Waals surface area contributed by atoms with Gasteiger partial charge in [-0.3, -0.25) is 0 Å². The molecular weight excluding hydrogens is 294 g/mol. The van der Waals surface area contributed by atoms with Crippen molar-refractivity contribution in [3.63, 3.8) is 0 Å². The number of hydrogen-bond donors (Lipinski definition) is 1. The van der Waals surface area contributed by atoms with Gasteiger partial charge in [0.1, 0.15) is 5.82 Å². The molecule has 6 heteroatoms. The Morgan fingerprint density at radius 3 is 3.00 bits per heavy atom. The first-order valence-electron chi connectivity index (χ1n) is 6.02. The molecular formula is C12H14BrN5. The minimum absolute atomic E-state index is 0.610. The van der Waals surface area contributed by atoms with Crippen LogP contribution in [0.5, 0.6) is 0 Å². The van der Waals surface area contributed by atoms with Gasteiger partial charge >= 0.3 is 0 Å². The van der Waals surface area contributed by atoms with Crippen LogP contribution in [-0.4, -0.2) is 26.1 Å². The number of halogens is 1. The molecule has 1 atom stereocenters. The van der Waals surface area contributed by atoms with Crippen molar-refractivity contribution in [1.82, 2.24) is 19.5 Å². The summed E-state index contributed by atoms with van der Waals surface area (Å²) in [6.45, 7) is 1.93. The van der Waals surface area contributed by atoms with Gasteiger partial charge in [-0.15, -0.1) is 0 Å². The summed E-state index contributed by atoms with van der Waals surface area (Å²) in [5.41, 5.74) is 0. The predicted octanol–water partition coefficient (Wildman–Crippen LogP) is 2.11. The Kier molecular flexibility index (Phi) is 3.27. The Morgan fingerprint density at radius 2 is 2.17 bits per heavy atom. The van der Waals surface area contributed by atoms with E-state index in [1.54, 1.807) is 12.4 Å². The van der Waals surface area contributed by atoms with E-state index in [1.165, 1.54) is 12.2 Å². The molecule has 5 nitrogen and oxygen atoms in total. The lowest BCUT2D eigenvalue weighted by molar-refractivity contribution is 0.380. The van der Waals surface area contributed by atoms with Crippen LogP contribution in [0.1, 0.15) is 12.2 Å². The van der Waals surface area contributed by atoms with E-state index in [4.69, 9.17) is 0 Å². The molecule has 0 fully saturated rings. The molecule has 3 rings (SSSR count).